The first kappa shape index (κ1) is 17.2. The van der Waals surface area contributed by atoms with Gasteiger partial charge in [0, 0.05) is 24.7 Å². The number of aromatic nitrogens is 4. The molecule has 1 unspecified atom stereocenters. The topological polar surface area (TPSA) is 97.3 Å². The summed E-state index contributed by atoms with van der Waals surface area (Å²) in [6, 6.07) is 1.95. The van der Waals surface area contributed by atoms with Gasteiger partial charge < -0.3 is 14.5 Å². The van der Waals surface area contributed by atoms with Gasteiger partial charge in [0.25, 0.3) is 0 Å². The third kappa shape index (κ3) is 3.65. The normalized spacial score (nSPS) is 23.4. The molecule has 1 amide bonds. The van der Waals surface area contributed by atoms with Crippen LogP contribution in [0, 0.1) is 13.8 Å². The smallest absolute Gasteiger partial charge is 0.244 e. The van der Waals surface area contributed by atoms with E-state index in [1.165, 1.54) is 0 Å². The molecule has 3 heterocycles. The van der Waals surface area contributed by atoms with Crippen molar-refractivity contribution in [3.8, 4) is 0 Å². The Morgan fingerprint density at radius 2 is 2.23 bits per heavy atom. The number of β-amino-alcohol motifs (C(OH)–C–C–N with tert-alkyl or cyclic N) is 1. The lowest BCUT2D eigenvalue weighted by atomic mass is 9.89. The molecule has 140 valence electrons. The molecule has 1 aliphatic carbocycles. The van der Waals surface area contributed by atoms with E-state index in [2.05, 4.69) is 15.2 Å². The summed E-state index contributed by atoms with van der Waals surface area (Å²) >= 11 is 0. The molecule has 26 heavy (non-hydrogen) atoms. The van der Waals surface area contributed by atoms with Crippen LogP contribution in [0.25, 0.3) is 0 Å². The zero-order valence-corrected chi connectivity index (χ0v) is 15.3. The number of nitrogens with zero attached hydrogens (tertiary/aromatic N) is 5. The van der Waals surface area contributed by atoms with Gasteiger partial charge in [-0.05, 0) is 45.6 Å². The van der Waals surface area contributed by atoms with Crippen molar-refractivity contribution in [1.82, 2.24) is 24.8 Å². The highest BCUT2D eigenvalue weighted by molar-refractivity contribution is 5.76. The van der Waals surface area contributed by atoms with Crippen LogP contribution >= 0.6 is 0 Å². The van der Waals surface area contributed by atoms with Gasteiger partial charge in [0.1, 0.15) is 6.54 Å². The largest absolute Gasteiger partial charge is 0.388 e. The van der Waals surface area contributed by atoms with Gasteiger partial charge in [-0.1, -0.05) is 5.16 Å². The van der Waals surface area contributed by atoms with Crippen LogP contribution in [0.2, 0.25) is 0 Å². The zero-order chi connectivity index (χ0) is 18.3. The van der Waals surface area contributed by atoms with Crippen LogP contribution in [0.3, 0.4) is 0 Å². The number of hydrogen-bond donors (Lipinski definition) is 1. The summed E-state index contributed by atoms with van der Waals surface area (Å²) in [6.45, 7) is 4.98. The molecule has 0 bridgehead atoms. The molecular weight excluding hydrogens is 334 g/mol. The predicted octanol–water partition coefficient (Wildman–Crippen LogP) is 1.36. The SMILES string of the molecule is Cc1cc(C)n(CC(=O)N2CCCC(O)(Cc3nc(C4CC4)no3)C2)n1. The molecule has 4 rings (SSSR count). The number of aliphatic hydroxyl groups is 1. The Morgan fingerprint density at radius 3 is 2.92 bits per heavy atom. The van der Waals surface area contributed by atoms with Gasteiger partial charge in [0.15, 0.2) is 5.82 Å². The molecule has 0 radical (unpaired) electrons. The van der Waals surface area contributed by atoms with Crippen molar-refractivity contribution in [2.24, 2.45) is 0 Å². The number of carbonyl (C=O) groups excluding carboxylic acids is 1. The number of hydrogen-bond acceptors (Lipinski definition) is 6. The third-order valence-electron chi connectivity index (χ3n) is 5.20. The summed E-state index contributed by atoms with van der Waals surface area (Å²) in [7, 11) is 0. The molecule has 2 aromatic heterocycles. The van der Waals surface area contributed by atoms with Crippen molar-refractivity contribution in [3.05, 3.63) is 29.2 Å². The van der Waals surface area contributed by atoms with Crippen LogP contribution in [0.15, 0.2) is 10.6 Å². The molecule has 1 saturated heterocycles. The molecule has 0 aromatic carbocycles. The van der Waals surface area contributed by atoms with Crippen molar-refractivity contribution < 1.29 is 14.4 Å². The minimum atomic E-state index is -1.02. The maximum atomic E-state index is 12.7. The summed E-state index contributed by atoms with van der Waals surface area (Å²) in [4.78, 5) is 18.8. The Kier molecular flexibility index (Phi) is 4.30. The monoisotopic (exact) mass is 359 g/mol. The summed E-state index contributed by atoms with van der Waals surface area (Å²) < 4.78 is 7.02. The van der Waals surface area contributed by atoms with Crippen LogP contribution in [-0.2, 0) is 17.8 Å². The van der Waals surface area contributed by atoms with E-state index in [0.29, 0.717) is 24.8 Å². The minimum Gasteiger partial charge on any atom is -0.388 e. The van der Waals surface area contributed by atoms with Crippen molar-refractivity contribution in [2.75, 3.05) is 13.1 Å². The van der Waals surface area contributed by atoms with Gasteiger partial charge in [-0.25, -0.2) is 0 Å². The molecule has 0 spiro atoms. The number of piperidine rings is 1. The predicted molar refractivity (Wildman–Crippen MR) is 92.4 cm³/mol. The summed E-state index contributed by atoms with van der Waals surface area (Å²) in [6.07, 6.45) is 3.88. The Morgan fingerprint density at radius 1 is 1.42 bits per heavy atom. The van der Waals surface area contributed by atoms with E-state index in [1.54, 1.807) is 9.58 Å². The number of aryl methyl sites for hydroxylation is 2. The van der Waals surface area contributed by atoms with Crippen LogP contribution in [0.5, 0.6) is 0 Å². The lowest BCUT2D eigenvalue weighted by Gasteiger charge is -2.38. The van der Waals surface area contributed by atoms with E-state index < -0.39 is 5.60 Å². The van der Waals surface area contributed by atoms with Crippen molar-refractivity contribution in [3.63, 3.8) is 0 Å². The first-order valence-corrected chi connectivity index (χ1v) is 9.26. The fourth-order valence-electron chi connectivity index (χ4n) is 3.66. The van der Waals surface area contributed by atoms with E-state index in [0.717, 1.165) is 36.5 Å². The highest BCUT2D eigenvalue weighted by Gasteiger charge is 2.38. The van der Waals surface area contributed by atoms with Gasteiger partial charge in [-0.15, -0.1) is 0 Å². The fraction of sp³-hybridized carbons (Fsp3) is 0.667. The van der Waals surface area contributed by atoms with Gasteiger partial charge in [-0.2, -0.15) is 10.1 Å². The standard InChI is InChI=1S/C18H25N5O3/c1-12-8-13(2)23(20-12)10-16(24)22-7-3-6-18(25,11-22)9-15-19-17(21-26-15)14-4-5-14/h8,14,25H,3-7,9-11H2,1-2H3. The van der Waals surface area contributed by atoms with Gasteiger partial charge in [0.2, 0.25) is 11.8 Å². The van der Waals surface area contributed by atoms with Crippen LogP contribution in [0.1, 0.15) is 54.7 Å². The minimum absolute atomic E-state index is 0.0291. The summed E-state index contributed by atoms with van der Waals surface area (Å²) in [5.74, 6) is 1.60. The van der Waals surface area contributed by atoms with Crippen LogP contribution in [-0.4, -0.2) is 54.5 Å². The molecule has 8 nitrogen and oxygen atoms in total. The Bertz CT molecular complexity index is 810. The molecule has 1 aliphatic heterocycles. The second-order valence-corrected chi connectivity index (χ2v) is 7.73. The molecule has 1 N–H and O–H groups in total. The molecule has 8 heteroatoms. The van der Waals surface area contributed by atoms with E-state index in [-0.39, 0.29) is 25.4 Å². The second-order valence-electron chi connectivity index (χ2n) is 7.73. The number of rotatable bonds is 5. The average molecular weight is 359 g/mol. The average Bonchev–Trinajstić information content (AvgIpc) is 3.25. The molecule has 1 saturated carbocycles. The van der Waals surface area contributed by atoms with E-state index in [4.69, 9.17) is 4.52 Å². The summed E-state index contributed by atoms with van der Waals surface area (Å²) in [5, 5.41) is 19.3. The first-order valence-electron chi connectivity index (χ1n) is 9.26. The second kappa shape index (κ2) is 6.50. The fourth-order valence-corrected chi connectivity index (χ4v) is 3.66. The molecule has 2 aliphatic rings. The van der Waals surface area contributed by atoms with Crippen LogP contribution in [0.4, 0.5) is 0 Å². The van der Waals surface area contributed by atoms with E-state index >= 15 is 0 Å². The number of amides is 1. The highest BCUT2D eigenvalue weighted by Crippen LogP contribution is 2.38. The Balaban J connectivity index is 1.40. The number of likely N-dealkylation sites (tertiary alicyclic amines) is 1. The van der Waals surface area contributed by atoms with E-state index in [9.17, 15) is 9.90 Å². The maximum Gasteiger partial charge on any atom is 0.244 e. The van der Waals surface area contributed by atoms with Gasteiger partial charge in [-0.3, -0.25) is 9.48 Å². The molecule has 1 atom stereocenters. The molecular formula is C18H25N5O3. The van der Waals surface area contributed by atoms with Gasteiger partial charge in [0.05, 0.1) is 17.7 Å². The van der Waals surface area contributed by atoms with Crippen molar-refractivity contribution >= 4 is 5.91 Å². The summed E-state index contributed by atoms with van der Waals surface area (Å²) in [5.41, 5.74) is 0.839. The number of carbonyl (C=O) groups is 1. The maximum absolute atomic E-state index is 12.7. The quantitative estimate of drug-likeness (QED) is 0.866. The molecule has 2 aromatic rings. The van der Waals surface area contributed by atoms with Crippen molar-refractivity contribution in [1.29, 1.82) is 0 Å². The first-order chi connectivity index (χ1) is 12.4. The zero-order valence-electron chi connectivity index (χ0n) is 15.3. The lowest BCUT2D eigenvalue weighted by molar-refractivity contribution is -0.139. The Labute approximate surface area is 152 Å². The van der Waals surface area contributed by atoms with Gasteiger partial charge >= 0.3 is 0 Å². The lowest BCUT2D eigenvalue weighted by Crippen LogP contribution is -2.52. The third-order valence-corrected chi connectivity index (χ3v) is 5.20. The highest BCUT2D eigenvalue weighted by atomic mass is 16.5. The molecule has 2 fully saturated rings. The van der Waals surface area contributed by atoms with Crippen molar-refractivity contribution in [2.45, 2.75) is 64.0 Å². The Hall–Kier alpha value is -2.22. The van der Waals surface area contributed by atoms with E-state index in [1.807, 2.05) is 19.9 Å². The van der Waals surface area contributed by atoms with Crippen LogP contribution < -0.4 is 0 Å².